The Kier molecular flexibility index (Phi) is 4.33. The fourth-order valence-corrected chi connectivity index (χ4v) is 4.05. The molecule has 3 nitrogen and oxygen atoms in total. The molecule has 1 aromatic heterocycles. The van der Waals surface area contributed by atoms with Crippen molar-refractivity contribution in [1.29, 1.82) is 0 Å². The molecule has 4 rings (SSSR count). The number of likely N-dealkylation sites (tertiary alicyclic amines) is 1. The number of benzene rings is 1. The largest absolute Gasteiger partial charge is 0.335 e. The summed E-state index contributed by atoms with van der Waals surface area (Å²) < 4.78 is 0. The van der Waals surface area contributed by atoms with Crippen LogP contribution in [-0.4, -0.2) is 22.3 Å². The first-order valence-electron chi connectivity index (χ1n) is 9.10. The monoisotopic (exact) mass is 320 g/mol. The first-order chi connectivity index (χ1) is 11.8. The van der Waals surface area contributed by atoms with Crippen molar-refractivity contribution in [2.24, 2.45) is 5.92 Å². The van der Waals surface area contributed by atoms with E-state index in [-0.39, 0.29) is 12.0 Å². The Labute approximate surface area is 143 Å². The van der Waals surface area contributed by atoms with E-state index in [1.807, 2.05) is 18.5 Å². The van der Waals surface area contributed by atoms with Gasteiger partial charge in [0.15, 0.2) is 0 Å². The number of aromatic nitrogens is 1. The summed E-state index contributed by atoms with van der Waals surface area (Å²) in [6, 6.07) is 14.8. The molecular formula is C21H24N2O. The van der Waals surface area contributed by atoms with Gasteiger partial charge >= 0.3 is 0 Å². The molecular weight excluding hydrogens is 296 g/mol. The Balaban J connectivity index is 1.53. The van der Waals surface area contributed by atoms with Crippen LogP contribution in [0.4, 0.5) is 0 Å². The number of carbonyl (C=O) groups is 1. The van der Waals surface area contributed by atoms with Crippen LogP contribution >= 0.6 is 0 Å². The summed E-state index contributed by atoms with van der Waals surface area (Å²) >= 11 is 0. The minimum absolute atomic E-state index is 0.176. The number of hydrogen-bond acceptors (Lipinski definition) is 2. The topological polar surface area (TPSA) is 33.2 Å². The van der Waals surface area contributed by atoms with Gasteiger partial charge in [-0.25, -0.2) is 0 Å². The molecule has 2 aliphatic rings. The van der Waals surface area contributed by atoms with E-state index in [1.54, 1.807) is 0 Å². The van der Waals surface area contributed by atoms with E-state index in [0.29, 0.717) is 11.8 Å². The van der Waals surface area contributed by atoms with Crippen molar-refractivity contribution in [3.63, 3.8) is 0 Å². The zero-order valence-electron chi connectivity index (χ0n) is 14.0. The summed E-state index contributed by atoms with van der Waals surface area (Å²) in [5.41, 5.74) is 2.54. The molecule has 2 fully saturated rings. The summed E-state index contributed by atoms with van der Waals surface area (Å²) in [7, 11) is 0. The zero-order valence-corrected chi connectivity index (χ0v) is 14.0. The van der Waals surface area contributed by atoms with Gasteiger partial charge in [-0.05, 0) is 48.4 Å². The van der Waals surface area contributed by atoms with Gasteiger partial charge in [0.05, 0.1) is 6.04 Å². The Morgan fingerprint density at radius 1 is 0.958 bits per heavy atom. The van der Waals surface area contributed by atoms with Crippen LogP contribution in [0.25, 0.3) is 0 Å². The van der Waals surface area contributed by atoms with Gasteiger partial charge in [-0.2, -0.15) is 0 Å². The van der Waals surface area contributed by atoms with E-state index in [0.717, 1.165) is 25.8 Å². The van der Waals surface area contributed by atoms with E-state index in [4.69, 9.17) is 0 Å². The quantitative estimate of drug-likeness (QED) is 0.843. The van der Waals surface area contributed by atoms with Gasteiger partial charge < -0.3 is 4.90 Å². The minimum Gasteiger partial charge on any atom is -0.335 e. The fourth-order valence-electron chi connectivity index (χ4n) is 4.05. The molecule has 2 heterocycles. The van der Waals surface area contributed by atoms with Crippen LogP contribution in [0.2, 0.25) is 0 Å². The molecule has 24 heavy (non-hydrogen) atoms. The zero-order chi connectivity index (χ0) is 16.4. The van der Waals surface area contributed by atoms with Crippen molar-refractivity contribution < 1.29 is 4.79 Å². The third kappa shape index (κ3) is 3.08. The SMILES string of the molecule is O=C(C1CC1c1ccccc1)N1CCCCCC1c1ccncc1. The van der Waals surface area contributed by atoms with E-state index >= 15 is 0 Å². The summed E-state index contributed by atoms with van der Waals surface area (Å²) in [6.07, 6.45) is 9.29. The second-order valence-electron chi connectivity index (χ2n) is 7.04. The predicted molar refractivity (Wildman–Crippen MR) is 94.4 cm³/mol. The molecule has 0 radical (unpaired) electrons. The molecule has 1 aliphatic heterocycles. The van der Waals surface area contributed by atoms with Crippen molar-refractivity contribution in [3.8, 4) is 0 Å². The number of nitrogens with zero attached hydrogens (tertiary/aromatic N) is 2. The molecule has 1 aliphatic carbocycles. The average Bonchev–Trinajstić information content (AvgIpc) is 3.46. The number of carbonyl (C=O) groups excluding carboxylic acids is 1. The first-order valence-corrected chi connectivity index (χ1v) is 9.10. The number of amides is 1. The van der Waals surface area contributed by atoms with Crippen molar-refractivity contribution >= 4 is 5.91 Å². The summed E-state index contributed by atoms with van der Waals surface area (Å²) in [4.78, 5) is 19.5. The predicted octanol–water partition coefficient (Wildman–Crippen LogP) is 4.33. The van der Waals surface area contributed by atoms with E-state index in [1.165, 1.54) is 24.0 Å². The van der Waals surface area contributed by atoms with Crippen molar-refractivity contribution in [2.45, 2.75) is 44.1 Å². The molecule has 0 bridgehead atoms. The molecule has 1 aromatic carbocycles. The third-order valence-electron chi connectivity index (χ3n) is 5.46. The molecule has 0 N–H and O–H groups in total. The van der Waals surface area contributed by atoms with Crippen LogP contribution < -0.4 is 0 Å². The lowest BCUT2D eigenvalue weighted by Crippen LogP contribution is -2.36. The van der Waals surface area contributed by atoms with Crippen molar-refractivity contribution in [2.75, 3.05) is 6.54 Å². The lowest BCUT2D eigenvalue weighted by Gasteiger charge is -2.31. The highest BCUT2D eigenvalue weighted by Crippen LogP contribution is 2.49. The molecule has 124 valence electrons. The maximum atomic E-state index is 13.2. The van der Waals surface area contributed by atoms with Gasteiger partial charge in [0, 0.05) is 24.9 Å². The molecule has 0 spiro atoms. The lowest BCUT2D eigenvalue weighted by molar-refractivity contribution is -0.135. The normalized spacial score (nSPS) is 26.7. The molecule has 3 atom stereocenters. The maximum Gasteiger partial charge on any atom is 0.226 e. The van der Waals surface area contributed by atoms with Gasteiger partial charge in [0.1, 0.15) is 0 Å². The molecule has 1 amide bonds. The fraction of sp³-hybridized carbons (Fsp3) is 0.429. The summed E-state index contributed by atoms with van der Waals surface area (Å²) in [5, 5.41) is 0. The number of hydrogen-bond donors (Lipinski definition) is 0. The Bertz CT molecular complexity index is 685. The highest BCUT2D eigenvalue weighted by Gasteiger charge is 2.46. The summed E-state index contributed by atoms with van der Waals surface area (Å²) in [5.74, 6) is 0.947. The lowest BCUT2D eigenvalue weighted by atomic mass is 10.0. The van der Waals surface area contributed by atoms with E-state index in [2.05, 4.69) is 46.3 Å². The Hall–Kier alpha value is -2.16. The standard InChI is InChI=1S/C21H24N2O/c24-21(19-15-18(19)16-7-3-1-4-8-16)23-14-6-2-5-9-20(23)17-10-12-22-13-11-17/h1,3-4,7-8,10-13,18-20H,2,5-6,9,14-15H2. The van der Waals surface area contributed by atoms with Crippen LogP contribution in [0, 0.1) is 5.92 Å². The van der Waals surface area contributed by atoms with Gasteiger partial charge in [-0.3, -0.25) is 9.78 Å². The molecule has 1 saturated heterocycles. The van der Waals surface area contributed by atoms with Crippen LogP contribution in [0.3, 0.4) is 0 Å². The van der Waals surface area contributed by atoms with Crippen molar-refractivity contribution in [1.82, 2.24) is 9.88 Å². The molecule has 3 heteroatoms. The van der Waals surface area contributed by atoms with E-state index < -0.39 is 0 Å². The molecule has 3 unspecified atom stereocenters. The van der Waals surface area contributed by atoms with Gasteiger partial charge in [0.25, 0.3) is 0 Å². The highest BCUT2D eigenvalue weighted by molar-refractivity contribution is 5.83. The Morgan fingerprint density at radius 2 is 1.75 bits per heavy atom. The summed E-state index contributed by atoms with van der Waals surface area (Å²) in [6.45, 7) is 0.893. The second-order valence-corrected chi connectivity index (χ2v) is 7.04. The minimum atomic E-state index is 0.176. The highest BCUT2D eigenvalue weighted by atomic mass is 16.2. The Morgan fingerprint density at radius 3 is 2.54 bits per heavy atom. The van der Waals surface area contributed by atoms with Crippen molar-refractivity contribution in [3.05, 3.63) is 66.0 Å². The van der Waals surface area contributed by atoms with E-state index in [9.17, 15) is 4.79 Å². The van der Waals surface area contributed by atoms with Crippen LogP contribution in [0.1, 0.15) is 55.2 Å². The third-order valence-corrected chi connectivity index (χ3v) is 5.46. The smallest absolute Gasteiger partial charge is 0.226 e. The number of pyridine rings is 1. The van der Waals surface area contributed by atoms with Crippen LogP contribution in [-0.2, 0) is 4.79 Å². The van der Waals surface area contributed by atoms with Crippen LogP contribution in [0.15, 0.2) is 54.9 Å². The maximum absolute atomic E-state index is 13.2. The average molecular weight is 320 g/mol. The van der Waals surface area contributed by atoms with Gasteiger partial charge in [0.2, 0.25) is 5.91 Å². The number of rotatable bonds is 3. The van der Waals surface area contributed by atoms with Crippen LogP contribution in [0.5, 0.6) is 0 Å². The molecule has 1 saturated carbocycles. The first kappa shape index (κ1) is 15.4. The van der Waals surface area contributed by atoms with Gasteiger partial charge in [-0.15, -0.1) is 0 Å². The molecule has 2 aromatic rings. The second kappa shape index (κ2) is 6.76. The van der Waals surface area contributed by atoms with Gasteiger partial charge in [-0.1, -0.05) is 43.2 Å².